The van der Waals surface area contributed by atoms with E-state index in [-0.39, 0.29) is 6.04 Å². The van der Waals surface area contributed by atoms with Crippen molar-refractivity contribution >= 4 is 22.6 Å². The molecule has 0 spiro atoms. The Balaban J connectivity index is 1.89. The molecule has 1 aliphatic rings. The molecule has 96 valence electrons. The van der Waals surface area contributed by atoms with Crippen LogP contribution in [0.5, 0.6) is 0 Å². The van der Waals surface area contributed by atoms with Crippen molar-refractivity contribution in [2.75, 3.05) is 6.61 Å². The fourth-order valence-electron chi connectivity index (χ4n) is 2.53. The quantitative estimate of drug-likeness (QED) is 0.904. The van der Waals surface area contributed by atoms with E-state index in [1.165, 1.54) is 0 Å². The molecule has 3 rings (SSSR count). The zero-order valence-electron chi connectivity index (χ0n) is 10.2. The van der Waals surface area contributed by atoms with Crippen molar-refractivity contribution < 1.29 is 9.15 Å². The minimum Gasteiger partial charge on any atom is -0.459 e. The summed E-state index contributed by atoms with van der Waals surface area (Å²) < 4.78 is 11.4. The predicted octanol–water partition coefficient (Wildman–Crippen LogP) is 3.51. The van der Waals surface area contributed by atoms with E-state index in [4.69, 9.17) is 26.5 Å². The fourth-order valence-corrected chi connectivity index (χ4v) is 2.71. The average Bonchev–Trinajstić information content (AvgIpc) is 2.93. The maximum atomic E-state index is 6.26. The van der Waals surface area contributed by atoms with Gasteiger partial charge in [0.05, 0.1) is 18.8 Å². The first-order valence-corrected chi connectivity index (χ1v) is 6.57. The summed E-state index contributed by atoms with van der Waals surface area (Å²) in [6, 6.07) is 7.46. The van der Waals surface area contributed by atoms with Gasteiger partial charge in [0, 0.05) is 16.3 Å². The molecule has 18 heavy (non-hydrogen) atoms. The molecule has 2 heterocycles. The smallest absolute Gasteiger partial charge is 0.134 e. The van der Waals surface area contributed by atoms with E-state index in [1.807, 2.05) is 24.3 Å². The van der Waals surface area contributed by atoms with Gasteiger partial charge >= 0.3 is 0 Å². The molecule has 0 bridgehead atoms. The molecular weight excluding hydrogens is 250 g/mol. The normalized spacial score (nSPS) is 25.7. The highest BCUT2D eigenvalue weighted by Gasteiger charge is 2.30. The first-order valence-electron chi connectivity index (χ1n) is 6.19. The third-order valence-corrected chi connectivity index (χ3v) is 3.80. The number of nitrogens with two attached hydrogens (primary N) is 1. The van der Waals surface area contributed by atoms with Gasteiger partial charge in [-0.3, -0.25) is 0 Å². The zero-order chi connectivity index (χ0) is 12.7. The Labute approximate surface area is 111 Å². The average molecular weight is 266 g/mol. The summed E-state index contributed by atoms with van der Waals surface area (Å²) in [5.41, 5.74) is 7.09. The van der Waals surface area contributed by atoms with E-state index in [1.54, 1.807) is 0 Å². The number of furan rings is 1. The Bertz CT molecular complexity index is 566. The van der Waals surface area contributed by atoms with E-state index in [9.17, 15) is 0 Å². The number of hydrogen-bond acceptors (Lipinski definition) is 3. The van der Waals surface area contributed by atoms with Crippen molar-refractivity contribution in [1.82, 2.24) is 0 Å². The maximum Gasteiger partial charge on any atom is 0.134 e. The molecule has 1 aromatic carbocycles. The molecule has 0 radical (unpaired) electrons. The van der Waals surface area contributed by atoms with Gasteiger partial charge in [0.2, 0.25) is 0 Å². The maximum absolute atomic E-state index is 6.26. The largest absolute Gasteiger partial charge is 0.459 e. The number of rotatable bonds is 2. The fraction of sp³-hybridized carbons (Fsp3) is 0.429. The van der Waals surface area contributed by atoms with Gasteiger partial charge in [-0.2, -0.15) is 0 Å². The summed E-state index contributed by atoms with van der Waals surface area (Å²) in [6.07, 6.45) is 1.28. The van der Waals surface area contributed by atoms with E-state index >= 15 is 0 Å². The van der Waals surface area contributed by atoms with E-state index in [0.29, 0.717) is 23.7 Å². The van der Waals surface area contributed by atoms with Gasteiger partial charge in [0.1, 0.15) is 11.3 Å². The number of fused-ring (bicyclic) bond motifs is 1. The lowest BCUT2D eigenvalue weighted by atomic mass is 9.96. The Morgan fingerprint density at radius 2 is 2.22 bits per heavy atom. The van der Waals surface area contributed by atoms with Crippen LogP contribution in [0.2, 0.25) is 5.02 Å². The van der Waals surface area contributed by atoms with E-state index in [0.717, 1.165) is 23.2 Å². The molecule has 1 fully saturated rings. The van der Waals surface area contributed by atoms with Crippen molar-refractivity contribution in [2.24, 2.45) is 11.7 Å². The molecule has 1 aromatic heterocycles. The van der Waals surface area contributed by atoms with Crippen LogP contribution < -0.4 is 5.73 Å². The molecule has 4 heteroatoms. The second-order valence-electron chi connectivity index (χ2n) is 5.00. The molecule has 2 N–H and O–H groups in total. The highest BCUT2D eigenvalue weighted by atomic mass is 35.5. The summed E-state index contributed by atoms with van der Waals surface area (Å²) >= 11 is 5.96. The first kappa shape index (κ1) is 12.0. The van der Waals surface area contributed by atoms with Gasteiger partial charge in [0.15, 0.2) is 0 Å². The number of hydrogen-bond donors (Lipinski definition) is 1. The molecule has 0 amide bonds. The van der Waals surface area contributed by atoms with Crippen molar-refractivity contribution in [3.63, 3.8) is 0 Å². The van der Waals surface area contributed by atoms with Gasteiger partial charge in [-0.1, -0.05) is 11.6 Å². The van der Waals surface area contributed by atoms with Gasteiger partial charge in [-0.25, -0.2) is 0 Å². The van der Waals surface area contributed by atoms with Crippen molar-refractivity contribution in [3.8, 4) is 0 Å². The van der Waals surface area contributed by atoms with Crippen LogP contribution in [0, 0.1) is 5.92 Å². The Morgan fingerprint density at radius 3 is 2.94 bits per heavy atom. The van der Waals surface area contributed by atoms with Gasteiger partial charge in [-0.05, 0) is 37.6 Å². The second kappa shape index (κ2) is 4.57. The molecular formula is C14H16ClNO2. The van der Waals surface area contributed by atoms with Crippen LogP contribution in [0.4, 0.5) is 0 Å². The monoisotopic (exact) mass is 265 g/mol. The van der Waals surface area contributed by atoms with Crippen LogP contribution >= 0.6 is 11.6 Å². The highest BCUT2D eigenvalue weighted by molar-refractivity contribution is 6.31. The molecule has 3 atom stereocenters. The van der Waals surface area contributed by atoms with Crippen molar-refractivity contribution in [2.45, 2.75) is 25.5 Å². The van der Waals surface area contributed by atoms with E-state index < -0.39 is 0 Å². The standard InChI is InChI=1S/C14H16ClNO2/c1-8-4-10(7-17-8)14(16)13-6-9-5-11(15)2-3-12(9)18-13/h2-3,5-6,8,10,14H,4,7,16H2,1H3. The Hall–Kier alpha value is -1.03. The van der Waals surface area contributed by atoms with Gasteiger partial charge in [0.25, 0.3) is 0 Å². The summed E-state index contributed by atoms with van der Waals surface area (Å²) in [4.78, 5) is 0. The molecule has 1 aliphatic heterocycles. The van der Waals surface area contributed by atoms with Crippen LogP contribution in [0.25, 0.3) is 11.0 Å². The molecule has 1 saturated heterocycles. The first-order chi connectivity index (χ1) is 8.63. The van der Waals surface area contributed by atoms with E-state index in [2.05, 4.69) is 6.92 Å². The van der Waals surface area contributed by atoms with Crippen LogP contribution in [-0.2, 0) is 4.74 Å². The molecule has 3 unspecified atom stereocenters. The third kappa shape index (κ3) is 2.14. The zero-order valence-corrected chi connectivity index (χ0v) is 11.0. The van der Waals surface area contributed by atoms with Crippen molar-refractivity contribution in [3.05, 3.63) is 35.0 Å². The lowest BCUT2D eigenvalue weighted by Crippen LogP contribution is -2.21. The minimum atomic E-state index is -0.110. The van der Waals surface area contributed by atoms with Gasteiger partial charge in [-0.15, -0.1) is 0 Å². The summed E-state index contributed by atoms with van der Waals surface area (Å²) in [7, 11) is 0. The molecule has 0 aliphatic carbocycles. The topological polar surface area (TPSA) is 48.4 Å². The highest BCUT2D eigenvalue weighted by Crippen LogP contribution is 2.33. The number of halogens is 1. The second-order valence-corrected chi connectivity index (χ2v) is 5.43. The third-order valence-electron chi connectivity index (χ3n) is 3.56. The minimum absolute atomic E-state index is 0.110. The lowest BCUT2D eigenvalue weighted by Gasteiger charge is -2.14. The van der Waals surface area contributed by atoms with Crippen LogP contribution in [0.1, 0.15) is 25.1 Å². The van der Waals surface area contributed by atoms with Crippen LogP contribution in [-0.4, -0.2) is 12.7 Å². The Morgan fingerprint density at radius 1 is 1.39 bits per heavy atom. The van der Waals surface area contributed by atoms with Crippen LogP contribution in [0.3, 0.4) is 0 Å². The molecule has 3 nitrogen and oxygen atoms in total. The SMILES string of the molecule is CC1CC(C(N)c2cc3cc(Cl)ccc3o2)CO1. The lowest BCUT2D eigenvalue weighted by molar-refractivity contribution is 0.117. The number of benzene rings is 1. The molecule has 0 saturated carbocycles. The summed E-state index contributed by atoms with van der Waals surface area (Å²) in [5.74, 6) is 1.14. The summed E-state index contributed by atoms with van der Waals surface area (Å²) in [5, 5.41) is 1.71. The summed E-state index contributed by atoms with van der Waals surface area (Å²) in [6.45, 7) is 2.78. The van der Waals surface area contributed by atoms with Crippen molar-refractivity contribution in [1.29, 1.82) is 0 Å². The molecule has 2 aromatic rings. The predicted molar refractivity (Wildman–Crippen MR) is 71.7 cm³/mol. The number of ether oxygens (including phenoxy) is 1. The Kier molecular flexibility index (Phi) is 3.06. The van der Waals surface area contributed by atoms with Gasteiger partial charge < -0.3 is 14.9 Å². The van der Waals surface area contributed by atoms with Crippen LogP contribution in [0.15, 0.2) is 28.7 Å².